The average Bonchev–Trinajstić information content (AvgIpc) is 3.04. The number of benzene rings is 2. The van der Waals surface area contributed by atoms with Gasteiger partial charge in [-0.05, 0) is 94.6 Å². The van der Waals surface area contributed by atoms with Gasteiger partial charge in [-0.2, -0.15) is 10.1 Å². The first kappa shape index (κ1) is 22.2. The Labute approximate surface area is 193 Å². The first-order chi connectivity index (χ1) is 15.7. The van der Waals surface area contributed by atoms with Crippen LogP contribution in [0.5, 0.6) is 11.6 Å². The molecule has 0 aliphatic carbocycles. The maximum Gasteiger partial charge on any atom is 0.255 e. The van der Waals surface area contributed by atoms with Gasteiger partial charge in [-0.15, -0.1) is 0 Å². The fourth-order valence-corrected chi connectivity index (χ4v) is 3.44. The molecule has 2 aromatic carbocycles. The predicted octanol–water partition coefficient (Wildman–Crippen LogP) is 5.56. The lowest BCUT2D eigenvalue weighted by Crippen LogP contribution is -2.12. The summed E-state index contributed by atoms with van der Waals surface area (Å²) >= 11 is 0. The van der Waals surface area contributed by atoms with Crippen LogP contribution in [0.25, 0.3) is 5.82 Å². The van der Waals surface area contributed by atoms with Gasteiger partial charge in [0, 0.05) is 23.0 Å². The lowest BCUT2D eigenvalue weighted by Gasteiger charge is -2.10. The van der Waals surface area contributed by atoms with Gasteiger partial charge in [0.15, 0.2) is 5.82 Å². The molecule has 1 amide bonds. The SMILES string of the molecule is Cc1nc(Oc2ccc(NC(=O)c3ccc(C)c(C)c3)cc2)cc(-n2nc(C)c(C)c2C)n1. The van der Waals surface area contributed by atoms with Crippen molar-refractivity contribution in [2.24, 2.45) is 0 Å². The zero-order chi connectivity index (χ0) is 23.7. The highest BCUT2D eigenvalue weighted by atomic mass is 16.5. The summed E-state index contributed by atoms with van der Waals surface area (Å²) in [5.41, 5.74) is 6.67. The van der Waals surface area contributed by atoms with E-state index in [1.807, 2.05) is 59.7 Å². The molecule has 0 aliphatic heterocycles. The molecule has 0 aliphatic rings. The minimum absolute atomic E-state index is 0.150. The van der Waals surface area contributed by atoms with E-state index in [1.165, 1.54) is 0 Å². The standard InChI is InChI=1S/C26H27N5O2/c1-15-7-8-21(13-16(15)2)26(32)29-22-9-11-23(12-10-22)33-25-14-24(27-20(6)28-25)31-19(5)17(3)18(4)30-31/h7-14H,1-6H3,(H,29,32). The predicted molar refractivity (Wildman–Crippen MR) is 128 cm³/mol. The number of nitrogens with zero attached hydrogens (tertiary/aromatic N) is 4. The van der Waals surface area contributed by atoms with Gasteiger partial charge in [-0.3, -0.25) is 4.79 Å². The molecule has 0 radical (unpaired) electrons. The third-order valence-corrected chi connectivity index (χ3v) is 5.77. The summed E-state index contributed by atoms with van der Waals surface area (Å²) in [6.45, 7) is 11.9. The van der Waals surface area contributed by atoms with Crippen molar-refractivity contribution in [3.05, 3.63) is 88.0 Å². The van der Waals surface area contributed by atoms with Crippen molar-refractivity contribution >= 4 is 11.6 Å². The van der Waals surface area contributed by atoms with E-state index in [2.05, 4.69) is 20.4 Å². The Morgan fingerprint density at radius 3 is 2.24 bits per heavy atom. The molecular weight excluding hydrogens is 414 g/mol. The summed E-state index contributed by atoms with van der Waals surface area (Å²) in [7, 11) is 0. The Kier molecular flexibility index (Phi) is 5.96. The number of hydrogen-bond donors (Lipinski definition) is 1. The van der Waals surface area contributed by atoms with E-state index in [0.717, 1.165) is 28.1 Å². The van der Waals surface area contributed by atoms with Gasteiger partial charge in [-0.1, -0.05) is 6.07 Å². The second-order valence-corrected chi connectivity index (χ2v) is 8.20. The molecule has 7 nitrogen and oxygen atoms in total. The van der Waals surface area contributed by atoms with Crippen LogP contribution < -0.4 is 10.1 Å². The van der Waals surface area contributed by atoms with Crippen molar-refractivity contribution in [1.82, 2.24) is 19.7 Å². The first-order valence-electron chi connectivity index (χ1n) is 10.8. The number of nitrogens with one attached hydrogen (secondary N) is 1. The summed E-state index contributed by atoms with van der Waals surface area (Å²) in [5.74, 6) is 2.12. The third-order valence-electron chi connectivity index (χ3n) is 5.77. The zero-order valence-electron chi connectivity index (χ0n) is 19.7. The molecule has 7 heteroatoms. The molecule has 0 spiro atoms. The van der Waals surface area contributed by atoms with Crippen LogP contribution in [0, 0.1) is 41.5 Å². The second kappa shape index (κ2) is 8.86. The molecule has 2 aromatic heterocycles. The monoisotopic (exact) mass is 441 g/mol. The molecule has 1 N–H and O–H groups in total. The molecule has 0 saturated heterocycles. The van der Waals surface area contributed by atoms with E-state index < -0.39 is 0 Å². The smallest absolute Gasteiger partial charge is 0.255 e. The van der Waals surface area contributed by atoms with Crippen LogP contribution in [0.2, 0.25) is 0 Å². The highest BCUT2D eigenvalue weighted by molar-refractivity contribution is 6.04. The maximum atomic E-state index is 12.5. The number of carbonyl (C=O) groups excluding carboxylic acids is 1. The van der Waals surface area contributed by atoms with E-state index in [-0.39, 0.29) is 5.91 Å². The van der Waals surface area contributed by atoms with Crippen LogP contribution in [-0.2, 0) is 0 Å². The summed E-state index contributed by atoms with van der Waals surface area (Å²) in [6.07, 6.45) is 0. The minimum atomic E-state index is -0.150. The first-order valence-corrected chi connectivity index (χ1v) is 10.8. The lowest BCUT2D eigenvalue weighted by atomic mass is 10.1. The quantitative estimate of drug-likeness (QED) is 0.439. The second-order valence-electron chi connectivity index (χ2n) is 8.20. The molecule has 4 rings (SSSR count). The van der Waals surface area contributed by atoms with E-state index in [1.54, 1.807) is 35.0 Å². The molecule has 168 valence electrons. The normalized spacial score (nSPS) is 10.8. The summed E-state index contributed by atoms with van der Waals surface area (Å²) in [5, 5.41) is 7.49. The summed E-state index contributed by atoms with van der Waals surface area (Å²) in [4.78, 5) is 21.5. The van der Waals surface area contributed by atoms with E-state index >= 15 is 0 Å². The van der Waals surface area contributed by atoms with Gasteiger partial charge in [0.1, 0.15) is 11.6 Å². The average molecular weight is 442 g/mol. The molecule has 2 heterocycles. The number of amides is 1. The molecule has 4 aromatic rings. The Balaban J connectivity index is 1.50. The molecule has 0 saturated carbocycles. The van der Waals surface area contributed by atoms with Crippen molar-refractivity contribution in [3.63, 3.8) is 0 Å². The van der Waals surface area contributed by atoms with Crippen LogP contribution >= 0.6 is 0 Å². The molecule has 33 heavy (non-hydrogen) atoms. The van der Waals surface area contributed by atoms with Crippen molar-refractivity contribution in [2.75, 3.05) is 5.32 Å². The van der Waals surface area contributed by atoms with Crippen LogP contribution in [-0.4, -0.2) is 25.7 Å². The maximum absolute atomic E-state index is 12.5. The van der Waals surface area contributed by atoms with E-state index in [9.17, 15) is 4.79 Å². The van der Waals surface area contributed by atoms with Crippen LogP contribution in [0.4, 0.5) is 5.69 Å². The van der Waals surface area contributed by atoms with Crippen molar-refractivity contribution in [3.8, 4) is 17.4 Å². The Morgan fingerprint density at radius 2 is 1.61 bits per heavy atom. The minimum Gasteiger partial charge on any atom is -0.439 e. The zero-order valence-corrected chi connectivity index (χ0v) is 19.7. The number of hydrogen-bond acceptors (Lipinski definition) is 5. The lowest BCUT2D eigenvalue weighted by molar-refractivity contribution is 0.102. The number of anilines is 1. The van der Waals surface area contributed by atoms with Crippen molar-refractivity contribution < 1.29 is 9.53 Å². The van der Waals surface area contributed by atoms with Crippen LogP contribution in [0.1, 0.15) is 44.3 Å². The number of rotatable bonds is 5. The Bertz CT molecular complexity index is 1340. The summed E-state index contributed by atoms with van der Waals surface area (Å²) < 4.78 is 7.77. The van der Waals surface area contributed by atoms with Crippen LogP contribution in [0.15, 0.2) is 48.5 Å². The molecule has 0 fully saturated rings. The van der Waals surface area contributed by atoms with E-state index in [0.29, 0.717) is 34.5 Å². The largest absolute Gasteiger partial charge is 0.439 e. The highest BCUT2D eigenvalue weighted by Crippen LogP contribution is 2.24. The van der Waals surface area contributed by atoms with Gasteiger partial charge in [0.25, 0.3) is 5.91 Å². The van der Waals surface area contributed by atoms with Crippen LogP contribution in [0.3, 0.4) is 0 Å². The number of carbonyl (C=O) groups is 1. The summed E-state index contributed by atoms with van der Waals surface area (Å²) in [6, 6.07) is 14.6. The Morgan fingerprint density at radius 1 is 0.879 bits per heavy atom. The molecule has 0 bridgehead atoms. The number of ether oxygens (including phenoxy) is 1. The van der Waals surface area contributed by atoms with Crippen molar-refractivity contribution in [1.29, 1.82) is 0 Å². The molecule has 0 atom stereocenters. The third kappa shape index (κ3) is 4.77. The Hall–Kier alpha value is -4.00. The van der Waals surface area contributed by atoms with Gasteiger partial charge in [-0.25, -0.2) is 9.67 Å². The fourth-order valence-electron chi connectivity index (χ4n) is 3.44. The van der Waals surface area contributed by atoms with Crippen molar-refractivity contribution in [2.45, 2.75) is 41.5 Å². The molecule has 0 unspecified atom stereocenters. The van der Waals surface area contributed by atoms with Gasteiger partial charge < -0.3 is 10.1 Å². The fraction of sp³-hybridized carbons (Fsp3) is 0.231. The number of aryl methyl sites for hydroxylation is 4. The highest BCUT2D eigenvalue weighted by Gasteiger charge is 2.13. The van der Waals surface area contributed by atoms with Gasteiger partial charge >= 0.3 is 0 Å². The van der Waals surface area contributed by atoms with E-state index in [4.69, 9.17) is 4.74 Å². The van der Waals surface area contributed by atoms with Gasteiger partial charge in [0.2, 0.25) is 5.88 Å². The molecular formula is C26H27N5O2. The number of aromatic nitrogens is 4. The topological polar surface area (TPSA) is 81.9 Å². The van der Waals surface area contributed by atoms with Gasteiger partial charge in [0.05, 0.1) is 5.69 Å².